The van der Waals surface area contributed by atoms with Crippen molar-refractivity contribution < 1.29 is 9.47 Å². The third-order valence-corrected chi connectivity index (χ3v) is 2.76. The maximum atomic E-state index is 5.14. The Balaban J connectivity index is 2.50. The lowest BCUT2D eigenvalue weighted by atomic mass is 10.1. The minimum atomic E-state index is -0.189. The second-order valence-electron chi connectivity index (χ2n) is 4.54. The van der Waals surface area contributed by atoms with E-state index in [4.69, 9.17) is 9.47 Å². The van der Waals surface area contributed by atoms with Crippen molar-refractivity contribution in [3.8, 4) is 0 Å². The summed E-state index contributed by atoms with van der Waals surface area (Å²) in [6.45, 7) is 2.46. The number of methoxy groups -OCH3 is 2. The van der Waals surface area contributed by atoms with Gasteiger partial charge in [-0.15, -0.1) is 0 Å². The Morgan fingerprint density at radius 1 is 1.11 bits per heavy atom. The van der Waals surface area contributed by atoms with Crippen molar-refractivity contribution in [3.63, 3.8) is 0 Å². The summed E-state index contributed by atoms with van der Waals surface area (Å²) in [5, 5.41) is 3.35. The maximum Gasteiger partial charge on any atom is 0.169 e. The van der Waals surface area contributed by atoms with Crippen molar-refractivity contribution in [2.75, 3.05) is 34.9 Å². The van der Waals surface area contributed by atoms with E-state index in [0.717, 1.165) is 13.1 Å². The largest absolute Gasteiger partial charge is 0.355 e. The molecular formula is C14H24N2O2. The first kappa shape index (κ1) is 15.1. The maximum absolute atomic E-state index is 5.14. The number of nitrogens with zero attached hydrogens (tertiary/aromatic N) is 1. The second-order valence-corrected chi connectivity index (χ2v) is 4.54. The summed E-state index contributed by atoms with van der Waals surface area (Å²) in [6.07, 6.45) is -0.189. The van der Waals surface area contributed by atoms with E-state index in [-0.39, 0.29) is 6.29 Å². The van der Waals surface area contributed by atoms with Gasteiger partial charge >= 0.3 is 0 Å². The summed E-state index contributed by atoms with van der Waals surface area (Å²) in [4.78, 5) is 2.17. The molecule has 1 aromatic rings. The van der Waals surface area contributed by atoms with Crippen LogP contribution in [0.1, 0.15) is 11.1 Å². The predicted molar refractivity (Wildman–Crippen MR) is 73.3 cm³/mol. The van der Waals surface area contributed by atoms with Crippen LogP contribution < -0.4 is 5.32 Å². The SMILES string of the molecule is COC(CNCc1ccccc1CN(C)C)OC. The first-order valence-corrected chi connectivity index (χ1v) is 6.15. The van der Waals surface area contributed by atoms with Gasteiger partial charge in [0.15, 0.2) is 6.29 Å². The Kier molecular flexibility index (Phi) is 6.90. The number of benzene rings is 1. The first-order chi connectivity index (χ1) is 8.67. The van der Waals surface area contributed by atoms with Gasteiger partial charge in [0.1, 0.15) is 0 Å². The fourth-order valence-corrected chi connectivity index (χ4v) is 1.81. The molecule has 0 bridgehead atoms. The molecule has 0 amide bonds. The van der Waals surface area contributed by atoms with Crippen molar-refractivity contribution >= 4 is 0 Å². The molecule has 4 heteroatoms. The van der Waals surface area contributed by atoms with Crippen LogP contribution in [0.25, 0.3) is 0 Å². The molecular weight excluding hydrogens is 228 g/mol. The molecule has 0 aliphatic rings. The quantitative estimate of drug-likeness (QED) is 0.710. The lowest BCUT2D eigenvalue weighted by Crippen LogP contribution is -2.29. The van der Waals surface area contributed by atoms with Crippen LogP contribution in [0.3, 0.4) is 0 Å². The fraction of sp³-hybridized carbons (Fsp3) is 0.571. The standard InChI is InChI=1S/C14H24N2O2/c1-16(2)11-13-8-6-5-7-12(13)9-15-10-14(17-3)18-4/h5-8,14-15H,9-11H2,1-4H3. The van der Waals surface area contributed by atoms with Crippen LogP contribution in [0.2, 0.25) is 0 Å². The Bertz CT molecular complexity index is 338. The number of hydrogen-bond donors (Lipinski definition) is 1. The predicted octanol–water partition coefficient (Wildman–Crippen LogP) is 1.46. The van der Waals surface area contributed by atoms with Crippen LogP contribution in [0.5, 0.6) is 0 Å². The lowest BCUT2D eigenvalue weighted by Gasteiger charge is -2.17. The van der Waals surface area contributed by atoms with Gasteiger partial charge in [0, 0.05) is 33.9 Å². The summed E-state index contributed by atoms with van der Waals surface area (Å²) < 4.78 is 10.3. The van der Waals surface area contributed by atoms with Gasteiger partial charge in [-0.3, -0.25) is 0 Å². The molecule has 0 atom stereocenters. The van der Waals surface area contributed by atoms with E-state index in [0.29, 0.717) is 6.54 Å². The summed E-state index contributed by atoms with van der Waals surface area (Å²) in [6, 6.07) is 8.47. The van der Waals surface area contributed by atoms with Crippen LogP contribution in [0, 0.1) is 0 Å². The smallest absolute Gasteiger partial charge is 0.169 e. The summed E-state index contributed by atoms with van der Waals surface area (Å²) >= 11 is 0. The van der Waals surface area contributed by atoms with Gasteiger partial charge in [-0.2, -0.15) is 0 Å². The molecule has 0 aliphatic carbocycles. The number of rotatable bonds is 8. The van der Waals surface area contributed by atoms with E-state index in [1.807, 2.05) is 0 Å². The van der Waals surface area contributed by atoms with Crippen LogP contribution in [-0.2, 0) is 22.6 Å². The van der Waals surface area contributed by atoms with Crippen molar-refractivity contribution in [2.24, 2.45) is 0 Å². The Morgan fingerprint density at radius 3 is 2.28 bits per heavy atom. The Labute approximate surface area is 110 Å². The van der Waals surface area contributed by atoms with Crippen LogP contribution in [-0.4, -0.2) is 46.0 Å². The van der Waals surface area contributed by atoms with E-state index in [2.05, 4.69) is 48.6 Å². The second kappa shape index (κ2) is 8.21. The van der Waals surface area contributed by atoms with Gasteiger partial charge in [0.25, 0.3) is 0 Å². The van der Waals surface area contributed by atoms with Gasteiger partial charge in [-0.25, -0.2) is 0 Å². The normalized spacial score (nSPS) is 11.4. The monoisotopic (exact) mass is 252 g/mol. The zero-order valence-electron chi connectivity index (χ0n) is 11.8. The van der Waals surface area contributed by atoms with Crippen molar-refractivity contribution in [1.82, 2.24) is 10.2 Å². The molecule has 0 fully saturated rings. The van der Waals surface area contributed by atoms with Crippen molar-refractivity contribution in [2.45, 2.75) is 19.4 Å². The third kappa shape index (κ3) is 5.14. The highest BCUT2D eigenvalue weighted by Crippen LogP contribution is 2.10. The molecule has 1 aromatic carbocycles. The topological polar surface area (TPSA) is 33.7 Å². The van der Waals surface area contributed by atoms with E-state index in [1.165, 1.54) is 11.1 Å². The average Bonchev–Trinajstić information content (AvgIpc) is 2.36. The van der Waals surface area contributed by atoms with Crippen LogP contribution in [0.4, 0.5) is 0 Å². The molecule has 0 unspecified atom stereocenters. The first-order valence-electron chi connectivity index (χ1n) is 6.15. The third-order valence-electron chi connectivity index (χ3n) is 2.76. The van der Waals surface area contributed by atoms with Gasteiger partial charge in [0.05, 0.1) is 0 Å². The minimum Gasteiger partial charge on any atom is -0.355 e. The van der Waals surface area contributed by atoms with Gasteiger partial charge < -0.3 is 19.7 Å². The molecule has 0 radical (unpaired) electrons. The molecule has 0 saturated carbocycles. The zero-order valence-corrected chi connectivity index (χ0v) is 11.8. The molecule has 0 heterocycles. The number of ether oxygens (including phenoxy) is 2. The van der Waals surface area contributed by atoms with Gasteiger partial charge in [-0.05, 0) is 25.2 Å². The molecule has 4 nitrogen and oxygen atoms in total. The van der Waals surface area contributed by atoms with Gasteiger partial charge in [0.2, 0.25) is 0 Å². The van der Waals surface area contributed by atoms with Crippen molar-refractivity contribution in [3.05, 3.63) is 35.4 Å². The molecule has 1 rings (SSSR count). The average molecular weight is 252 g/mol. The van der Waals surface area contributed by atoms with E-state index < -0.39 is 0 Å². The lowest BCUT2D eigenvalue weighted by molar-refractivity contribution is -0.0989. The Morgan fingerprint density at radius 2 is 1.72 bits per heavy atom. The minimum absolute atomic E-state index is 0.189. The molecule has 0 saturated heterocycles. The molecule has 0 aromatic heterocycles. The van der Waals surface area contributed by atoms with E-state index in [9.17, 15) is 0 Å². The van der Waals surface area contributed by atoms with Gasteiger partial charge in [-0.1, -0.05) is 24.3 Å². The molecule has 0 aliphatic heterocycles. The summed E-state index contributed by atoms with van der Waals surface area (Å²) in [5.41, 5.74) is 2.67. The zero-order chi connectivity index (χ0) is 13.4. The molecule has 1 N–H and O–H groups in total. The highest BCUT2D eigenvalue weighted by atomic mass is 16.7. The molecule has 0 spiro atoms. The van der Waals surface area contributed by atoms with Crippen LogP contribution >= 0.6 is 0 Å². The highest BCUT2D eigenvalue weighted by Gasteiger charge is 2.06. The molecule has 18 heavy (non-hydrogen) atoms. The molecule has 102 valence electrons. The number of nitrogens with one attached hydrogen (secondary N) is 1. The summed E-state index contributed by atoms with van der Waals surface area (Å²) in [5.74, 6) is 0. The van der Waals surface area contributed by atoms with Crippen LogP contribution in [0.15, 0.2) is 24.3 Å². The van der Waals surface area contributed by atoms with E-state index >= 15 is 0 Å². The fourth-order valence-electron chi connectivity index (χ4n) is 1.81. The van der Waals surface area contributed by atoms with Crippen molar-refractivity contribution in [1.29, 1.82) is 0 Å². The summed E-state index contributed by atoms with van der Waals surface area (Å²) in [7, 11) is 7.46. The number of hydrogen-bond acceptors (Lipinski definition) is 4. The highest BCUT2D eigenvalue weighted by molar-refractivity contribution is 5.26. The Hall–Kier alpha value is -0.940. The van der Waals surface area contributed by atoms with E-state index in [1.54, 1.807) is 14.2 Å².